The molecule has 3 N–H and O–H groups in total. The normalized spacial score (nSPS) is 11.3. The van der Waals surface area contributed by atoms with Crippen molar-refractivity contribution in [2.24, 2.45) is 0 Å². The number of nitrogens with zero attached hydrogens (tertiary/aromatic N) is 1. The summed E-state index contributed by atoms with van der Waals surface area (Å²) >= 11 is 0. The van der Waals surface area contributed by atoms with Gasteiger partial charge >= 0.3 is 0 Å². The van der Waals surface area contributed by atoms with Crippen molar-refractivity contribution >= 4 is 38.2 Å². The molecule has 138 valence electrons. The molecule has 27 heavy (non-hydrogen) atoms. The van der Waals surface area contributed by atoms with E-state index in [4.69, 9.17) is 4.55 Å². The number of nitro benzene ring substituents is 1. The van der Waals surface area contributed by atoms with E-state index in [9.17, 15) is 28.4 Å². The second kappa shape index (κ2) is 6.67. The molecule has 3 rings (SSSR count). The molecule has 0 spiro atoms. The van der Waals surface area contributed by atoms with Crippen molar-refractivity contribution in [3.8, 4) is 5.75 Å². The van der Waals surface area contributed by atoms with E-state index in [1.165, 1.54) is 42.5 Å². The maximum absolute atomic E-state index is 12.3. The molecule has 0 heterocycles. The third kappa shape index (κ3) is 3.86. The van der Waals surface area contributed by atoms with E-state index in [1.807, 2.05) is 0 Å². The lowest BCUT2D eigenvalue weighted by molar-refractivity contribution is -0.384. The average Bonchev–Trinajstić information content (AvgIpc) is 2.60. The lowest BCUT2D eigenvalue weighted by atomic mass is 10.1. The van der Waals surface area contributed by atoms with Crippen LogP contribution in [0.15, 0.2) is 59.5 Å². The third-order valence-electron chi connectivity index (χ3n) is 3.80. The number of nitro groups is 1. The molecule has 0 atom stereocenters. The van der Waals surface area contributed by atoms with Gasteiger partial charge in [-0.2, -0.15) is 8.42 Å². The SMILES string of the molecule is O=C(Nc1cc(O)c2ccc(S(=O)(=O)O)cc2c1)c1ccc([N+](=O)[O-])cc1. The number of aromatic hydroxyl groups is 1. The number of carbonyl (C=O) groups is 1. The Morgan fingerprint density at radius 1 is 1.04 bits per heavy atom. The van der Waals surface area contributed by atoms with Gasteiger partial charge < -0.3 is 10.4 Å². The first-order chi connectivity index (χ1) is 12.6. The highest BCUT2D eigenvalue weighted by atomic mass is 32.2. The lowest BCUT2D eigenvalue weighted by Gasteiger charge is -2.09. The highest BCUT2D eigenvalue weighted by Gasteiger charge is 2.14. The fourth-order valence-electron chi connectivity index (χ4n) is 2.50. The van der Waals surface area contributed by atoms with Crippen molar-refractivity contribution < 1.29 is 27.8 Å². The smallest absolute Gasteiger partial charge is 0.294 e. The Kier molecular flexibility index (Phi) is 4.52. The number of phenolic OH excluding ortho intramolecular Hbond substituents is 1. The summed E-state index contributed by atoms with van der Waals surface area (Å²) < 4.78 is 31.7. The van der Waals surface area contributed by atoms with Gasteiger partial charge in [0.15, 0.2) is 0 Å². The standard InChI is InChI=1S/C17H12N2O7S/c20-16-9-12(7-11-8-14(27(24,25)26)5-6-15(11)16)18-17(21)10-1-3-13(4-2-10)19(22)23/h1-9,20H,(H,18,21)(H,24,25,26). The van der Waals surface area contributed by atoms with Crippen LogP contribution in [-0.4, -0.2) is 28.9 Å². The van der Waals surface area contributed by atoms with E-state index < -0.39 is 20.9 Å². The van der Waals surface area contributed by atoms with Crippen LogP contribution in [0.4, 0.5) is 11.4 Å². The first-order valence-corrected chi connectivity index (χ1v) is 8.89. The quantitative estimate of drug-likeness (QED) is 0.354. The van der Waals surface area contributed by atoms with Gasteiger partial charge in [-0.25, -0.2) is 0 Å². The van der Waals surface area contributed by atoms with Crippen molar-refractivity contribution in [3.05, 3.63) is 70.3 Å². The van der Waals surface area contributed by atoms with Gasteiger partial charge in [-0.3, -0.25) is 19.5 Å². The largest absolute Gasteiger partial charge is 0.507 e. The van der Waals surface area contributed by atoms with Gasteiger partial charge in [-0.05, 0) is 41.8 Å². The molecule has 0 radical (unpaired) electrons. The summed E-state index contributed by atoms with van der Waals surface area (Å²) in [6, 6.07) is 11.3. The number of hydrogen-bond acceptors (Lipinski definition) is 6. The predicted octanol–water partition coefficient (Wildman–Crippen LogP) is 2.95. The van der Waals surface area contributed by atoms with Crippen LogP contribution in [0.2, 0.25) is 0 Å². The van der Waals surface area contributed by atoms with Gasteiger partial charge in [0.05, 0.1) is 9.82 Å². The highest BCUT2D eigenvalue weighted by Crippen LogP contribution is 2.31. The lowest BCUT2D eigenvalue weighted by Crippen LogP contribution is -2.11. The van der Waals surface area contributed by atoms with E-state index in [0.29, 0.717) is 5.39 Å². The molecular formula is C17H12N2O7S. The number of benzene rings is 3. The van der Waals surface area contributed by atoms with Crippen molar-refractivity contribution in [1.29, 1.82) is 0 Å². The zero-order chi connectivity index (χ0) is 19.8. The molecule has 0 unspecified atom stereocenters. The molecular weight excluding hydrogens is 376 g/mol. The van der Waals surface area contributed by atoms with Gasteiger partial charge in [0.1, 0.15) is 5.75 Å². The van der Waals surface area contributed by atoms with Crippen LogP contribution in [0.3, 0.4) is 0 Å². The fraction of sp³-hybridized carbons (Fsp3) is 0. The summed E-state index contributed by atoms with van der Waals surface area (Å²) in [5.74, 6) is -0.775. The molecule has 3 aromatic rings. The molecule has 0 aromatic heterocycles. The Labute approximate surface area is 152 Å². The highest BCUT2D eigenvalue weighted by molar-refractivity contribution is 7.85. The van der Waals surface area contributed by atoms with Crippen molar-refractivity contribution in [1.82, 2.24) is 0 Å². The van der Waals surface area contributed by atoms with Gasteiger partial charge in [0.2, 0.25) is 0 Å². The van der Waals surface area contributed by atoms with Gasteiger partial charge in [-0.15, -0.1) is 0 Å². The summed E-state index contributed by atoms with van der Waals surface area (Å²) in [6.07, 6.45) is 0. The molecule has 9 nitrogen and oxygen atoms in total. The maximum Gasteiger partial charge on any atom is 0.294 e. The van der Waals surface area contributed by atoms with Crippen molar-refractivity contribution in [2.45, 2.75) is 4.90 Å². The van der Waals surface area contributed by atoms with Gasteiger partial charge in [-0.1, -0.05) is 0 Å². The van der Waals surface area contributed by atoms with Crippen LogP contribution >= 0.6 is 0 Å². The Bertz CT molecular complexity index is 1170. The first kappa shape index (κ1) is 18.3. The van der Waals surface area contributed by atoms with E-state index in [0.717, 1.165) is 12.1 Å². The molecule has 0 aliphatic heterocycles. The number of phenols is 1. The zero-order valence-electron chi connectivity index (χ0n) is 13.5. The molecule has 3 aromatic carbocycles. The number of carbonyl (C=O) groups excluding carboxylic acids is 1. The van der Waals surface area contributed by atoms with Crippen LogP contribution in [0.1, 0.15) is 10.4 Å². The number of non-ortho nitro benzene ring substituents is 1. The van der Waals surface area contributed by atoms with E-state index in [-0.39, 0.29) is 33.0 Å². The molecule has 0 saturated heterocycles. The van der Waals surface area contributed by atoms with Crippen molar-refractivity contribution in [2.75, 3.05) is 5.32 Å². The summed E-state index contributed by atoms with van der Waals surface area (Å²) in [5.41, 5.74) is 0.176. The van der Waals surface area contributed by atoms with E-state index in [2.05, 4.69) is 5.32 Å². The second-order valence-corrected chi connectivity index (χ2v) is 7.03. The maximum atomic E-state index is 12.3. The summed E-state index contributed by atoms with van der Waals surface area (Å²) in [5, 5.41) is 23.9. The fourth-order valence-corrected chi connectivity index (χ4v) is 3.01. The number of amides is 1. The van der Waals surface area contributed by atoms with Gasteiger partial charge in [0.25, 0.3) is 21.7 Å². The first-order valence-electron chi connectivity index (χ1n) is 7.45. The topological polar surface area (TPSA) is 147 Å². The minimum atomic E-state index is -4.42. The van der Waals surface area contributed by atoms with Crippen molar-refractivity contribution in [3.63, 3.8) is 0 Å². The summed E-state index contributed by atoms with van der Waals surface area (Å²) in [7, 11) is -4.42. The predicted molar refractivity (Wildman–Crippen MR) is 96.5 cm³/mol. The molecule has 0 aliphatic rings. The minimum absolute atomic E-state index is 0.159. The summed E-state index contributed by atoms with van der Waals surface area (Å²) in [6.45, 7) is 0. The number of hydrogen-bond donors (Lipinski definition) is 3. The summed E-state index contributed by atoms with van der Waals surface area (Å²) in [4.78, 5) is 22.0. The van der Waals surface area contributed by atoms with E-state index in [1.54, 1.807) is 0 Å². The molecule has 0 aliphatic carbocycles. The monoisotopic (exact) mass is 388 g/mol. The second-order valence-electron chi connectivity index (χ2n) is 5.61. The molecule has 0 saturated carbocycles. The van der Waals surface area contributed by atoms with Crippen LogP contribution in [0.25, 0.3) is 10.8 Å². The minimum Gasteiger partial charge on any atom is -0.507 e. The van der Waals surface area contributed by atoms with E-state index >= 15 is 0 Å². The Morgan fingerprint density at radius 2 is 1.70 bits per heavy atom. The van der Waals surface area contributed by atoms with Gasteiger partial charge in [0, 0.05) is 34.8 Å². The Morgan fingerprint density at radius 3 is 2.30 bits per heavy atom. The van der Waals surface area contributed by atoms with Crippen LogP contribution in [0.5, 0.6) is 5.75 Å². The molecule has 0 fully saturated rings. The molecule has 0 bridgehead atoms. The molecule has 1 amide bonds. The van der Waals surface area contributed by atoms with Crippen LogP contribution < -0.4 is 5.32 Å². The van der Waals surface area contributed by atoms with Crippen LogP contribution in [-0.2, 0) is 10.1 Å². The number of anilines is 1. The number of nitrogens with one attached hydrogen (secondary N) is 1. The Balaban J connectivity index is 1.94. The Hall–Kier alpha value is -3.50. The zero-order valence-corrected chi connectivity index (χ0v) is 14.3. The third-order valence-corrected chi connectivity index (χ3v) is 4.65. The molecule has 10 heteroatoms. The number of fused-ring (bicyclic) bond motifs is 1. The number of rotatable bonds is 4. The average molecular weight is 388 g/mol. The van der Waals surface area contributed by atoms with Crippen LogP contribution in [0, 0.1) is 10.1 Å².